The van der Waals surface area contributed by atoms with Crippen LogP contribution in [-0.2, 0) is 22.6 Å². The topological polar surface area (TPSA) is 105 Å². The summed E-state index contributed by atoms with van der Waals surface area (Å²) in [7, 11) is 0. The zero-order valence-electron chi connectivity index (χ0n) is 21.3. The third-order valence-corrected chi connectivity index (χ3v) is 7.17. The van der Waals surface area contributed by atoms with Gasteiger partial charge in [0, 0.05) is 34.3 Å². The third kappa shape index (κ3) is 4.42. The molecule has 5 aromatic rings. The first-order valence-electron chi connectivity index (χ1n) is 13.0. The fourth-order valence-electron chi connectivity index (χ4n) is 5.01. The molecular formula is C30H29N5O3. The van der Waals surface area contributed by atoms with Gasteiger partial charge in [-0.25, -0.2) is 14.6 Å². The summed E-state index contributed by atoms with van der Waals surface area (Å²) in [6.45, 7) is 2.41. The van der Waals surface area contributed by atoms with E-state index in [2.05, 4.69) is 21.8 Å². The van der Waals surface area contributed by atoms with Gasteiger partial charge in [0.05, 0.1) is 19.1 Å². The second-order valence-electron chi connectivity index (χ2n) is 9.55. The van der Waals surface area contributed by atoms with Crippen LogP contribution in [0.4, 0.5) is 5.82 Å². The molecular weight excluding hydrogens is 478 g/mol. The molecule has 1 aliphatic rings. The zero-order valence-corrected chi connectivity index (χ0v) is 21.3. The van der Waals surface area contributed by atoms with E-state index in [0.29, 0.717) is 24.2 Å². The Kier molecular flexibility index (Phi) is 6.37. The first-order chi connectivity index (χ1) is 18.6. The lowest BCUT2D eigenvalue weighted by Crippen LogP contribution is -2.18. The maximum Gasteiger partial charge on any atom is 0.310 e. The molecule has 2 N–H and O–H groups in total. The molecule has 2 aromatic carbocycles. The summed E-state index contributed by atoms with van der Waals surface area (Å²) in [6.07, 6.45) is 7.18. The summed E-state index contributed by atoms with van der Waals surface area (Å²) >= 11 is 0. The van der Waals surface area contributed by atoms with E-state index in [9.17, 15) is 4.79 Å². The Morgan fingerprint density at radius 1 is 1.05 bits per heavy atom. The number of hydrogen-bond acceptors (Lipinski definition) is 7. The number of fused-ring (bicyclic) bond motifs is 2. The van der Waals surface area contributed by atoms with Crippen LogP contribution in [0, 0.1) is 0 Å². The third-order valence-electron chi connectivity index (χ3n) is 7.17. The first kappa shape index (κ1) is 23.9. The van der Waals surface area contributed by atoms with Gasteiger partial charge in [-0.3, -0.25) is 4.79 Å². The molecule has 3 aromatic heterocycles. The summed E-state index contributed by atoms with van der Waals surface area (Å²) in [4.78, 5) is 21.2. The van der Waals surface area contributed by atoms with Crippen LogP contribution in [0.5, 0.6) is 5.75 Å². The second-order valence-corrected chi connectivity index (χ2v) is 9.55. The van der Waals surface area contributed by atoms with Crippen LogP contribution in [0.25, 0.3) is 32.9 Å². The van der Waals surface area contributed by atoms with Crippen molar-refractivity contribution >= 4 is 33.6 Å². The van der Waals surface area contributed by atoms with Gasteiger partial charge in [-0.1, -0.05) is 36.4 Å². The molecule has 38 heavy (non-hydrogen) atoms. The van der Waals surface area contributed by atoms with Gasteiger partial charge in [0.25, 0.3) is 0 Å². The molecule has 8 nitrogen and oxygen atoms in total. The van der Waals surface area contributed by atoms with Crippen LogP contribution < -0.4 is 10.5 Å². The lowest BCUT2D eigenvalue weighted by atomic mass is 9.93. The molecule has 0 bridgehead atoms. The quantitative estimate of drug-likeness (QED) is 0.271. The van der Waals surface area contributed by atoms with Crippen molar-refractivity contribution in [1.29, 1.82) is 0 Å². The number of carbonyl (C=O) groups excluding carboxylic acids is 1. The van der Waals surface area contributed by atoms with Crippen molar-refractivity contribution in [2.75, 3.05) is 12.3 Å². The molecule has 1 saturated carbocycles. The Labute approximate surface area is 220 Å². The lowest BCUT2D eigenvalue weighted by molar-refractivity contribution is -0.142. The van der Waals surface area contributed by atoms with Crippen LogP contribution in [-0.4, -0.2) is 32.3 Å². The number of benzene rings is 2. The van der Waals surface area contributed by atoms with E-state index < -0.39 is 0 Å². The number of pyridine rings is 2. The van der Waals surface area contributed by atoms with Gasteiger partial charge in [-0.05, 0) is 55.3 Å². The Balaban J connectivity index is 1.38. The summed E-state index contributed by atoms with van der Waals surface area (Å²) in [5.74, 6) is 0.878. The summed E-state index contributed by atoms with van der Waals surface area (Å²) in [6, 6.07) is 18.1. The van der Waals surface area contributed by atoms with Crippen molar-refractivity contribution in [2.45, 2.75) is 45.3 Å². The van der Waals surface area contributed by atoms with Crippen molar-refractivity contribution in [3.05, 3.63) is 78.2 Å². The monoisotopic (exact) mass is 507 g/mol. The fourth-order valence-corrected chi connectivity index (χ4v) is 5.01. The van der Waals surface area contributed by atoms with E-state index in [-0.39, 0.29) is 19.0 Å². The highest BCUT2D eigenvalue weighted by atomic mass is 16.5. The van der Waals surface area contributed by atoms with Crippen LogP contribution >= 0.6 is 0 Å². The number of anilines is 1. The van der Waals surface area contributed by atoms with E-state index >= 15 is 0 Å². The maximum absolute atomic E-state index is 12.1. The molecule has 1 aliphatic carbocycles. The number of nitrogens with zero attached hydrogens (tertiary/aromatic N) is 4. The number of carbonyl (C=O) groups is 1. The summed E-state index contributed by atoms with van der Waals surface area (Å²) in [5.41, 5.74) is 10.6. The van der Waals surface area contributed by atoms with E-state index in [1.165, 1.54) is 6.42 Å². The van der Waals surface area contributed by atoms with Crippen LogP contribution in [0.1, 0.15) is 43.5 Å². The minimum Gasteiger partial charge on any atom is -0.487 e. The van der Waals surface area contributed by atoms with E-state index in [0.717, 1.165) is 57.0 Å². The number of esters is 1. The molecule has 1 fully saturated rings. The fraction of sp³-hybridized carbons (Fsp3) is 0.267. The SMILES string of the molecule is CCOC(=O)Cc1ccccc1OCc1nn(C2CCC2)c2ncc(-c3cccc4c(N)nccc34)cc12. The van der Waals surface area contributed by atoms with Crippen molar-refractivity contribution in [1.82, 2.24) is 19.7 Å². The molecule has 0 spiro atoms. The number of nitrogens with two attached hydrogens (primary N) is 1. The highest BCUT2D eigenvalue weighted by molar-refractivity contribution is 6.02. The van der Waals surface area contributed by atoms with Gasteiger partial charge in [0.15, 0.2) is 5.65 Å². The predicted octanol–water partition coefficient (Wildman–Crippen LogP) is 5.64. The lowest BCUT2D eigenvalue weighted by Gasteiger charge is -2.25. The van der Waals surface area contributed by atoms with E-state index in [1.54, 1.807) is 13.1 Å². The number of ether oxygens (including phenoxy) is 2. The molecule has 0 radical (unpaired) electrons. The van der Waals surface area contributed by atoms with Crippen LogP contribution in [0.15, 0.2) is 67.0 Å². The number of aromatic nitrogens is 4. The standard InChI is InChI=1S/C30H29N5O3/c1-2-37-28(36)16-19-7-3-4-12-27(19)38-18-26-25-15-20(17-33-30(25)35(34-26)21-8-5-9-21)22-10-6-11-24-23(22)13-14-32-29(24)31/h3-4,6-7,10-15,17,21H,2,5,8-9,16,18H2,1H3,(H2,31,32). The number of para-hydroxylation sites is 1. The molecule has 6 rings (SSSR count). The Hall–Kier alpha value is -4.46. The van der Waals surface area contributed by atoms with E-state index in [4.69, 9.17) is 25.3 Å². The van der Waals surface area contributed by atoms with Gasteiger partial charge in [-0.15, -0.1) is 0 Å². The predicted molar refractivity (Wildman–Crippen MR) is 147 cm³/mol. The highest BCUT2D eigenvalue weighted by Gasteiger charge is 2.25. The maximum atomic E-state index is 12.1. The molecule has 0 aliphatic heterocycles. The number of hydrogen-bond donors (Lipinski definition) is 1. The number of rotatable bonds is 8. The molecule has 0 unspecified atom stereocenters. The van der Waals surface area contributed by atoms with Gasteiger partial charge in [0.1, 0.15) is 23.9 Å². The Bertz CT molecular complexity index is 1640. The zero-order chi connectivity index (χ0) is 26.1. The minimum atomic E-state index is -0.275. The van der Waals surface area contributed by atoms with Crippen molar-refractivity contribution < 1.29 is 14.3 Å². The van der Waals surface area contributed by atoms with E-state index in [1.807, 2.05) is 48.7 Å². The van der Waals surface area contributed by atoms with Crippen molar-refractivity contribution in [3.63, 3.8) is 0 Å². The molecule has 192 valence electrons. The average molecular weight is 508 g/mol. The van der Waals surface area contributed by atoms with Crippen LogP contribution in [0.2, 0.25) is 0 Å². The molecule has 0 amide bonds. The molecule has 3 heterocycles. The minimum absolute atomic E-state index is 0.159. The smallest absolute Gasteiger partial charge is 0.310 e. The summed E-state index contributed by atoms with van der Waals surface area (Å²) < 4.78 is 13.4. The normalized spacial score (nSPS) is 13.5. The largest absolute Gasteiger partial charge is 0.487 e. The Morgan fingerprint density at radius 3 is 2.74 bits per heavy atom. The van der Waals surface area contributed by atoms with Gasteiger partial charge in [0.2, 0.25) is 0 Å². The van der Waals surface area contributed by atoms with Crippen LogP contribution in [0.3, 0.4) is 0 Å². The van der Waals surface area contributed by atoms with Crippen molar-refractivity contribution in [3.8, 4) is 16.9 Å². The van der Waals surface area contributed by atoms with Gasteiger partial charge in [-0.2, -0.15) is 5.10 Å². The number of nitrogen functional groups attached to an aromatic ring is 1. The molecule has 8 heteroatoms. The highest BCUT2D eigenvalue weighted by Crippen LogP contribution is 2.37. The summed E-state index contributed by atoms with van der Waals surface area (Å²) in [5, 5.41) is 7.86. The van der Waals surface area contributed by atoms with Gasteiger partial charge >= 0.3 is 5.97 Å². The second kappa shape index (κ2) is 10.1. The Morgan fingerprint density at radius 2 is 1.92 bits per heavy atom. The molecule has 0 atom stereocenters. The van der Waals surface area contributed by atoms with Gasteiger partial charge < -0.3 is 15.2 Å². The molecule has 0 saturated heterocycles. The average Bonchev–Trinajstić information content (AvgIpc) is 3.24. The first-order valence-corrected chi connectivity index (χ1v) is 13.0. The van der Waals surface area contributed by atoms with Crippen molar-refractivity contribution in [2.24, 2.45) is 0 Å².